The lowest BCUT2D eigenvalue weighted by Crippen LogP contribution is -2.39. The maximum absolute atomic E-state index is 13.9. The molecule has 41 heavy (non-hydrogen) atoms. The second-order valence-electron chi connectivity index (χ2n) is 8.18. The van der Waals surface area contributed by atoms with Crippen molar-refractivity contribution in [3.8, 4) is 28.7 Å². The van der Waals surface area contributed by atoms with Gasteiger partial charge in [0.25, 0.3) is 21.8 Å². The molecule has 0 aliphatic rings. The molecule has 218 valence electrons. The fraction of sp³-hybridized carbons (Fsp3) is 0.222. The molecule has 0 saturated heterocycles. The number of benzene rings is 3. The number of carbonyl (C=O) groups excluding carboxylic acids is 2. The average molecular weight is 587 g/mol. The minimum absolute atomic E-state index is 0.0623. The van der Waals surface area contributed by atoms with Crippen molar-refractivity contribution in [2.75, 3.05) is 45.9 Å². The van der Waals surface area contributed by atoms with E-state index in [2.05, 4.69) is 10.5 Å². The van der Waals surface area contributed by atoms with Crippen molar-refractivity contribution >= 4 is 33.7 Å². The van der Waals surface area contributed by atoms with Crippen LogP contribution in [0.1, 0.15) is 5.56 Å². The lowest BCUT2D eigenvalue weighted by Gasteiger charge is -2.26. The molecule has 2 amide bonds. The van der Waals surface area contributed by atoms with Gasteiger partial charge in [-0.1, -0.05) is 0 Å². The lowest BCUT2D eigenvalue weighted by atomic mass is 10.2. The van der Waals surface area contributed by atoms with Crippen LogP contribution in [-0.4, -0.2) is 68.0 Å². The van der Waals surface area contributed by atoms with Gasteiger partial charge in [0.1, 0.15) is 23.8 Å². The molecular weight excluding hydrogens is 556 g/mol. The zero-order valence-electron chi connectivity index (χ0n) is 22.8. The first-order chi connectivity index (χ1) is 19.6. The summed E-state index contributed by atoms with van der Waals surface area (Å²) >= 11 is 0. The van der Waals surface area contributed by atoms with Crippen LogP contribution in [0.5, 0.6) is 28.7 Å². The fourth-order valence-electron chi connectivity index (χ4n) is 3.54. The molecule has 13 nitrogen and oxygen atoms in total. The monoisotopic (exact) mass is 586 g/mol. The number of hydrogen-bond donors (Lipinski definition) is 2. The number of hydrazone groups is 1. The third kappa shape index (κ3) is 7.79. The molecule has 0 aliphatic carbocycles. The number of primary amides is 1. The van der Waals surface area contributed by atoms with Crippen LogP contribution in [0.25, 0.3) is 0 Å². The second-order valence-corrected chi connectivity index (χ2v) is 10.0. The van der Waals surface area contributed by atoms with Crippen molar-refractivity contribution in [3.05, 3.63) is 66.2 Å². The molecule has 14 heteroatoms. The van der Waals surface area contributed by atoms with Crippen LogP contribution < -0.4 is 39.1 Å². The highest BCUT2D eigenvalue weighted by Gasteiger charge is 2.31. The van der Waals surface area contributed by atoms with E-state index in [1.54, 1.807) is 30.3 Å². The highest BCUT2D eigenvalue weighted by atomic mass is 32.2. The molecule has 0 fully saturated rings. The third-order valence-corrected chi connectivity index (χ3v) is 7.30. The van der Waals surface area contributed by atoms with E-state index in [0.29, 0.717) is 22.8 Å². The van der Waals surface area contributed by atoms with Gasteiger partial charge in [0, 0.05) is 12.1 Å². The normalized spacial score (nSPS) is 11.0. The summed E-state index contributed by atoms with van der Waals surface area (Å²) < 4.78 is 55.0. The van der Waals surface area contributed by atoms with Crippen LogP contribution in [0.2, 0.25) is 0 Å². The lowest BCUT2D eigenvalue weighted by molar-refractivity contribution is -0.120. The molecule has 0 saturated carbocycles. The Morgan fingerprint density at radius 2 is 1.49 bits per heavy atom. The van der Waals surface area contributed by atoms with Gasteiger partial charge >= 0.3 is 0 Å². The van der Waals surface area contributed by atoms with Crippen molar-refractivity contribution in [1.82, 2.24) is 5.43 Å². The zero-order valence-corrected chi connectivity index (χ0v) is 23.6. The van der Waals surface area contributed by atoms with Gasteiger partial charge in [0.2, 0.25) is 0 Å². The van der Waals surface area contributed by atoms with Crippen molar-refractivity contribution in [2.45, 2.75) is 4.90 Å². The Morgan fingerprint density at radius 1 is 0.854 bits per heavy atom. The van der Waals surface area contributed by atoms with Crippen LogP contribution in [-0.2, 0) is 19.6 Å². The van der Waals surface area contributed by atoms with Gasteiger partial charge in [-0.25, -0.2) is 13.8 Å². The van der Waals surface area contributed by atoms with Crippen molar-refractivity contribution < 1.29 is 41.7 Å². The average Bonchev–Trinajstić information content (AvgIpc) is 2.98. The number of nitrogens with two attached hydrogens (primary N) is 1. The Balaban J connectivity index is 1.90. The number of rotatable bonds is 14. The molecule has 3 N–H and O–H groups in total. The maximum Gasteiger partial charge on any atom is 0.265 e. The minimum Gasteiger partial charge on any atom is -0.497 e. The van der Waals surface area contributed by atoms with E-state index in [4.69, 9.17) is 29.4 Å². The molecule has 0 spiro atoms. The molecule has 3 aromatic carbocycles. The van der Waals surface area contributed by atoms with Gasteiger partial charge < -0.3 is 29.4 Å². The summed E-state index contributed by atoms with van der Waals surface area (Å²) in [6.07, 6.45) is 1.36. The summed E-state index contributed by atoms with van der Waals surface area (Å²) in [5.74, 6) is 0.124. The SMILES string of the molecule is COc1ccc(OC)c(N(CC(=O)N/N=C\c2ccc(OCC(N)=O)cc2)S(=O)(=O)c2ccc(OC)c(OC)c2)c1. The predicted octanol–water partition coefficient (Wildman–Crippen LogP) is 1.93. The fourth-order valence-corrected chi connectivity index (χ4v) is 4.98. The number of ether oxygens (including phenoxy) is 5. The number of hydrogen-bond acceptors (Lipinski definition) is 10. The minimum atomic E-state index is -4.36. The van der Waals surface area contributed by atoms with Crippen molar-refractivity contribution in [2.24, 2.45) is 10.8 Å². The molecular formula is C27H30N4O9S. The van der Waals surface area contributed by atoms with E-state index in [1.807, 2.05) is 0 Å². The van der Waals surface area contributed by atoms with Crippen LogP contribution in [0.4, 0.5) is 5.69 Å². The zero-order chi connectivity index (χ0) is 30.0. The molecule has 0 heterocycles. The van der Waals surface area contributed by atoms with E-state index in [1.165, 1.54) is 65.0 Å². The number of nitrogens with zero attached hydrogens (tertiary/aromatic N) is 2. The topological polar surface area (TPSA) is 168 Å². The van der Waals surface area contributed by atoms with E-state index in [9.17, 15) is 18.0 Å². The van der Waals surface area contributed by atoms with Gasteiger partial charge in [-0.3, -0.25) is 13.9 Å². The summed E-state index contributed by atoms with van der Waals surface area (Å²) in [4.78, 5) is 23.7. The quantitative estimate of drug-likeness (QED) is 0.212. The third-order valence-electron chi connectivity index (χ3n) is 5.55. The Bertz CT molecular complexity index is 1510. The summed E-state index contributed by atoms with van der Waals surface area (Å²) in [7, 11) is 1.25. The molecule has 3 aromatic rings. The summed E-state index contributed by atoms with van der Waals surface area (Å²) in [6, 6.07) is 15.1. The van der Waals surface area contributed by atoms with Gasteiger partial charge in [-0.15, -0.1) is 0 Å². The summed E-state index contributed by atoms with van der Waals surface area (Å²) in [5.41, 5.74) is 8.05. The summed E-state index contributed by atoms with van der Waals surface area (Å²) in [5, 5.41) is 3.92. The first kappa shape index (κ1) is 30.6. The number of amides is 2. The molecule has 0 bridgehead atoms. The first-order valence-electron chi connectivity index (χ1n) is 11.9. The van der Waals surface area contributed by atoms with Crippen LogP contribution >= 0.6 is 0 Å². The Labute approximate surface area is 237 Å². The molecule has 0 radical (unpaired) electrons. The Hall–Kier alpha value is -4.98. The number of carbonyl (C=O) groups is 2. The smallest absolute Gasteiger partial charge is 0.265 e. The Morgan fingerprint density at radius 3 is 2.10 bits per heavy atom. The number of anilines is 1. The van der Waals surface area contributed by atoms with Gasteiger partial charge in [0.15, 0.2) is 18.1 Å². The number of methoxy groups -OCH3 is 4. The summed E-state index contributed by atoms with van der Waals surface area (Å²) in [6.45, 7) is -0.915. The van der Waals surface area contributed by atoms with E-state index < -0.39 is 28.4 Å². The van der Waals surface area contributed by atoms with Crippen LogP contribution in [0, 0.1) is 0 Å². The molecule has 3 rings (SSSR count). The largest absolute Gasteiger partial charge is 0.497 e. The van der Waals surface area contributed by atoms with E-state index >= 15 is 0 Å². The molecule has 0 unspecified atom stereocenters. The molecule has 0 aromatic heterocycles. The second kappa shape index (κ2) is 13.9. The number of sulfonamides is 1. The van der Waals surface area contributed by atoms with Gasteiger partial charge in [-0.05, 0) is 54.1 Å². The molecule has 0 atom stereocenters. The number of nitrogens with one attached hydrogen (secondary N) is 1. The first-order valence-corrected chi connectivity index (χ1v) is 13.4. The van der Waals surface area contributed by atoms with Crippen LogP contribution in [0.3, 0.4) is 0 Å². The highest BCUT2D eigenvalue weighted by molar-refractivity contribution is 7.92. The van der Waals surface area contributed by atoms with Crippen LogP contribution in [0.15, 0.2) is 70.7 Å². The van der Waals surface area contributed by atoms with Crippen molar-refractivity contribution in [3.63, 3.8) is 0 Å². The van der Waals surface area contributed by atoms with Gasteiger partial charge in [0.05, 0.1) is 45.2 Å². The van der Waals surface area contributed by atoms with Gasteiger partial charge in [-0.2, -0.15) is 5.10 Å². The molecule has 0 aliphatic heterocycles. The Kier molecular flexibility index (Phi) is 10.4. The highest BCUT2D eigenvalue weighted by Crippen LogP contribution is 2.37. The maximum atomic E-state index is 13.9. The standard InChI is InChI=1S/C27H30N4O9S/c1-36-20-9-11-23(37-2)22(13-20)31(41(34,35)21-10-12-24(38-3)25(14-21)39-4)16-27(33)30-29-15-18-5-7-19(8-6-18)40-17-26(28)32/h5-15H,16-17H2,1-4H3,(H2,28,32)(H,30,33)/b29-15-. The van der Waals surface area contributed by atoms with E-state index in [-0.39, 0.29) is 28.7 Å². The predicted molar refractivity (Wildman–Crippen MR) is 150 cm³/mol. The van der Waals surface area contributed by atoms with E-state index in [0.717, 1.165) is 4.31 Å². The van der Waals surface area contributed by atoms with Crippen molar-refractivity contribution in [1.29, 1.82) is 0 Å².